The molecular weight excluding hydrogens is 418 g/mol. The first kappa shape index (κ1) is 20.4. The van der Waals surface area contributed by atoms with E-state index >= 15 is 0 Å². The third-order valence-electron chi connectivity index (χ3n) is 4.80. The van der Waals surface area contributed by atoms with Crippen LogP contribution in [0.1, 0.15) is 24.3 Å². The van der Waals surface area contributed by atoms with Gasteiger partial charge in [-0.05, 0) is 49.2 Å². The SMILES string of the molecule is CC(C)N1C(=O)S/C(=C\c2cn(CC(=O)NCc3cccs3)c3ccccc23)C1=O. The van der Waals surface area contributed by atoms with Crippen LogP contribution in [0.25, 0.3) is 17.0 Å². The Labute approximate surface area is 182 Å². The Bertz CT molecular complexity index is 1150. The Morgan fingerprint density at radius 1 is 1.17 bits per heavy atom. The minimum atomic E-state index is -0.273. The highest BCUT2D eigenvalue weighted by Crippen LogP contribution is 2.35. The zero-order chi connectivity index (χ0) is 21.3. The Morgan fingerprint density at radius 2 is 1.97 bits per heavy atom. The standard InChI is InChI=1S/C22H21N3O3S2/c1-14(2)25-21(27)19(30-22(25)28)10-15-12-24(18-8-4-3-7-17(15)18)13-20(26)23-11-16-6-5-9-29-16/h3-10,12,14H,11,13H2,1-2H3,(H,23,26)/b19-10-. The van der Waals surface area contributed by atoms with Crippen LogP contribution in [0.4, 0.5) is 4.79 Å². The summed E-state index contributed by atoms with van der Waals surface area (Å²) in [6.45, 7) is 4.32. The zero-order valence-corrected chi connectivity index (χ0v) is 18.3. The van der Waals surface area contributed by atoms with Crippen LogP contribution >= 0.6 is 23.1 Å². The largest absolute Gasteiger partial charge is 0.350 e. The zero-order valence-electron chi connectivity index (χ0n) is 16.6. The van der Waals surface area contributed by atoms with Crippen molar-refractivity contribution in [1.82, 2.24) is 14.8 Å². The number of thioether (sulfide) groups is 1. The minimum Gasteiger partial charge on any atom is -0.350 e. The lowest BCUT2D eigenvalue weighted by Gasteiger charge is -2.16. The number of hydrogen-bond acceptors (Lipinski definition) is 5. The number of carbonyl (C=O) groups excluding carboxylic acids is 3. The molecule has 1 aromatic carbocycles. The number of aromatic nitrogens is 1. The summed E-state index contributed by atoms with van der Waals surface area (Å²) in [7, 11) is 0. The smallest absolute Gasteiger partial charge is 0.293 e. The topological polar surface area (TPSA) is 71.4 Å². The van der Waals surface area contributed by atoms with Crippen molar-refractivity contribution in [1.29, 1.82) is 0 Å². The molecule has 0 saturated carbocycles. The first-order valence-corrected chi connectivity index (χ1v) is 11.3. The van der Waals surface area contributed by atoms with Crippen LogP contribution in [-0.2, 0) is 22.7 Å². The van der Waals surface area contributed by atoms with Crippen molar-refractivity contribution < 1.29 is 14.4 Å². The van der Waals surface area contributed by atoms with Crippen molar-refractivity contribution in [2.75, 3.05) is 0 Å². The van der Waals surface area contributed by atoms with Crippen molar-refractivity contribution in [3.05, 3.63) is 63.3 Å². The van der Waals surface area contributed by atoms with Crippen LogP contribution in [0, 0.1) is 0 Å². The average Bonchev–Trinajstić information content (AvgIpc) is 3.41. The molecule has 0 unspecified atom stereocenters. The van der Waals surface area contributed by atoms with Crippen LogP contribution in [0.2, 0.25) is 0 Å². The normalized spacial score (nSPS) is 15.7. The fourth-order valence-corrected chi connectivity index (χ4v) is 4.99. The number of carbonyl (C=O) groups is 3. The van der Waals surface area contributed by atoms with Gasteiger partial charge < -0.3 is 9.88 Å². The molecule has 1 N–H and O–H groups in total. The third-order valence-corrected chi connectivity index (χ3v) is 6.56. The predicted molar refractivity (Wildman–Crippen MR) is 121 cm³/mol. The number of fused-ring (bicyclic) bond motifs is 1. The molecule has 0 radical (unpaired) electrons. The highest BCUT2D eigenvalue weighted by atomic mass is 32.2. The summed E-state index contributed by atoms with van der Waals surface area (Å²) in [4.78, 5) is 40.0. The quantitative estimate of drug-likeness (QED) is 0.576. The monoisotopic (exact) mass is 439 g/mol. The number of amides is 3. The number of benzene rings is 1. The van der Waals surface area contributed by atoms with Crippen LogP contribution in [0.3, 0.4) is 0 Å². The van der Waals surface area contributed by atoms with Crippen LogP contribution in [0.15, 0.2) is 52.9 Å². The summed E-state index contributed by atoms with van der Waals surface area (Å²) in [6, 6.07) is 11.5. The molecule has 3 amide bonds. The number of para-hydroxylation sites is 1. The second-order valence-electron chi connectivity index (χ2n) is 7.23. The summed E-state index contributed by atoms with van der Waals surface area (Å²) in [6.07, 6.45) is 3.61. The maximum Gasteiger partial charge on any atom is 0.293 e. The van der Waals surface area contributed by atoms with Gasteiger partial charge in [0, 0.05) is 33.6 Å². The predicted octanol–water partition coefficient (Wildman–Crippen LogP) is 4.46. The molecule has 0 aliphatic carbocycles. The second kappa shape index (κ2) is 8.49. The fraction of sp³-hybridized carbons (Fsp3) is 0.227. The molecule has 1 fully saturated rings. The molecule has 30 heavy (non-hydrogen) atoms. The fourth-order valence-electron chi connectivity index (χ4n) is 3.40. The summed E-state index contributed by atoms with van der Waals surface area (Å²) in [5.41, 5.74) is 1.71. The lowest BCUT2D eigenvalue weighted by Crippen LogP contribution is -2.34. The maximum atomic E-state index is 12.6. The molecule has 0 atom stereocenters. The number of imide groups is 1. The van der Waals surface area contributed by atoms with Gasteiger partial charge in [0.1, 0.15) is 6.54 Å². The Balaban J connectivity index is 1.59. The van der Waals surface area contributed by atoms with E-state index in [1.165, 1.54) is 4.90 Å². The lowest BCUT2D eigenvalue weighted by atomic mass is 10.1. The molecular formula is C22H21N3O3S2. The summed E-state index contributed by atoms with van der Waals surface area (Å²) in [5.74, 6) is -0.360. The number of rotatable bonds is 6. The number of nitrogens with one attached hydrogen (secondary N) is 1. The molecule has 1 aliphatic rings. The Morgan fingerprint density at radius 3 is 2.67 bits per heavy atom. The van der Waals surface area contributed by atoms with Gasteiger partial charge in [0.15, 0.2) is 0 Å². The van der Waals surface area contributed by atoms with Gasteiger partial charge in [0.2, 0.25) is 5.91 Å². The van der Waals surface area contributed by atoms with Crippen molar-refractivity contribution in [3.8, 4) is 0 Å². The van der Waals surface area contributed by atoms with E-state index in [0.29, 0.717) is 11.4 Å². The second-order valence-corrected chi connectivity index (χ2v) is 9.26. The van der Waals surface area contributed by atoms with E-state index in [9.17, 15) is 14.4 Å². The van der Waals surface area contributed by atoms with Gasteiger partial charge in [-0.3, -0.25) is 19.3 Å². The molecule has 8 heteroatoms. The summed E-state index contributed by atoms with van der Waals surface area (Å²) >= 11 is 2.56. The minimum absolute atomic E-state index is 0.0872. The first-order valence-electron chi connectivity index (χ1n) is 9.58. The van der Waals surface area contributed by atoms with Gasteiger partial charge in [0.25, 0.3) is 11.1 Å². The molecule has 154 valence electrons. The maximum absolute atomic E-state index is 12.6. The number of nitrogens with zero attached hydrogens (tertiary/aromatic N) is 2. The van der Waals surface area contributed by atoms with E-state index in [-0.39, 0.29) is 29.6 Å². The Hall–Kier alpha value is -2.84. The van der Waals surface area contributed by atoms with Gasteiger partial charge in [-0.2, -0.15) is 0 Å². The van der Waals surface area contributed by atoms with Crippen LogP contribution in [0.5, 0.6) is 0 Å². The van der Waals surface area contributed by atoms with Crippen molar-refractivity contribution in [3.63, 3.8) is 0 Å². The summed E-state index contributed by atoms with van der Waals surface area (Å²) in [5, 5.41) is 5.60. The van der Waals surface area contributed by atoms with Crippen molar-refractivity contribution >= 4 is 57.1 Å². The summed E-state index contributed by atoms with van der Waals surface area (Å²) < 4.78 is 1.87. The first-order chi connectivity index (χ1) is 14.4. The van der Waals surface area contributed by atoms with E-state index in [0.717, 1.165) is 33.1 Å². The molecule has 0 spiro atoms. The van der Waals surface area contributed by atoms with Gasteiger partial charge >= 0.3 is 0 Å². The highest BCUT2D eigenvalue weighted by Gasteiger charge is 2.36. The van der Waals surface area contributed by atoms with Gasteiger partial charge in [-0.25, -0.2) is 0 Å². The number of thiophene rings is 1. The van der Waals surface area contributed by atoms with E-state index in [1.807, 2.05) is 66.4 Å². The third kappa shape index (κ3) is 4.06. The van der Waals surface area contributed by atoms with Crippen LogP contribution < -0.4 is 5.32 Å². The molecule has 2 aromatic heterocycles. The highest BCUT2D eigenvalue weighted by molar-refractivity contribution is 8.18. The molecule has 3 aromatic rings. The average molecular weight is 440 g/mol. The molecule has 4 rings (SSSR count). The molecule has 3 heterocycles. The molecule has 1 aliphatic heterocycles. The van der Waals surface area contributed by atoms with Crippen molar-refractivity contribution in [2.24, 2.45) is 0 Å². The van der Waals surface area contributed by atoms with E-state index in [2.05, 4.69) is 5.32 Å². The van der Waals surface area contributed by atoms with E-state index in [4.69, 9.17) is 0 Å². The van der Waals surface area contributed by atoms with E-state index in [1.54, 1.807) is 17.4 Å². The van der Waals surface area contributed by atoms with Gasteiger partial charge in [0.05, 0.1) is 11.4 Å². The Kier molecular flexibility index (Phi) is 5.78. The van der Waals surface area contributed by atoms with Gasteiger partial charge in [-0.15, -0.1) is 11.3 Å². The lowest BCUT2D eigenvalue weighted by molar-refractivity contribution is -0.124. The van der Waals surface area contributed by atoms with Crippen molar-refractivity contribution in [2.45, 2.75) is 33.0 Å². The van der Waals surface area contributed by atoms with Crippen LogP contribution in [-0.4, -0.2) is 32.6 Å². The molecule has 0 bridgehead atoms. The van der Waals surface area contributed by atoms with Gasteiger partial charge in [-0.1, -0.05) is 24.3 Å². The number of hydrogen-bond donors (Lipinski definition) is 1. The molecule has 1 saturated heterocycles. The molecule has 6 nitrogen and oxygen atoms in total. The van der Waals surface area contributed by atoms with E-state index < -0.39 is 0 Å².